The summed E-state index contributed by atoms with van der Waals surface area (Å²) >= 11 is 6.70. The molecule has 2 aliphatic rings. The fraction of sp³-hybridized carbons (Fsp3) is 0.360. The lowest BCUT2D eigenvalue weighted by atomic mass is 10.0. The van der Waals surface area contributed by atoms with Gasteiger partial charge in [0.25, 0.3) is 11.5 Å². The zero-order valence-electron chi connectivity index (χ0n) is 19.6. The van der Waals surface area contributed by atoms with Gasteiger partial charge in [-0.15, -0.1) is 0 Å². The SMILES string of the molecule is CCCN1C(=O)C(=Cc2c(C)c(C#N)c(=O)n(C)c2N2CCN(c3ccccc3)CC2)SC1=S. The Morgan fingerprint density at radius 1 is 1.12 bits per heavy atom. The molecule has 0 spiro atoms. The summed E-state index contributed by atoms with van der Waals surface area (Å²) in [7, 11) is 1.70. The van der Waals surface area contributed by atoms with Gasteiger partial charge < -0.3 is 9.80 Å². The first-order valence-corrected chi connectivity index (χ1v) is 12.5. The number of pyridine rings is 1. The lowest BCUT2D eigenvalue weighted by Gasteiger charge is -2.38. The molecule has 9 heteroatoms. The number of hydrogen-bond donors (Lipinski definition) is 0. The van der Waals surface area contributed by atoms with E-state index in [4.69, 9.17) is 12.2 Å². The number of piperazine rings is 1. The molecule has 1 aromatic heterocycles. The Labute approximate surface area is 209 Å². The lowest BCUT2D eigenvalue weighted by molar-refractivity contribution is -0.122. The van der Waals surface area contributed by atoms with E-state index in [0.29, 0.717) is 34.4 Å². The van der Waals surface area contributed by atoms with Crippen molar-refractivity contribution < 1.29 is 4.79 Å². The van der Waals surface area contributed by atoms with Crippen LogP contribution in [0.1, 0.15) is 30.0 Å². The first-order chi connectivity index (χ1) is 16.4. The molecule has 0 N–H and O–H groups in total. The molecule has 34 heavy (non-hydrogen) atoms. The number of nitrogens with zero attached hydrogens (tertiary/aromatic N) is 5. The molecule has 4 rings (SSSR count). The van der Waals surface area contributed by atoms with Gasteiger partial charge in [0.05, 0.1) is 4.91 Å². The normalized spacial score (nSPS) is 17.6. The van der Waals surface area contributed by atoms with E-state index in [1.807, 2.05) is 31.2 Å². The molecule has 0 radical (unpaired) electrons. The van der Waals surface area contributed by atoms with Gasteiger partial charge in [0.1, 0.15) is 21.8 Å². The average molecular weight is 494 g/mol. The number of nitriles is 1. The highest BCUT2D eigenvalue weighted by atomic mass is 32.2. The Kier molecular flexibility index (Phi) is 7.10. The Bertz CT molecular complexity index is 1250. The molecule has 176 valence electrons. The first kappa shape index (κ1) is 24.0. The predicted molar refractivity (Wildman–Crippen MR) is 142 cm³/mol. The number of rotatable bonds is 5. The van der Waals surface area contributed by atoms with Crippen molar-refractivity contribution in [3.05, 3.63) is 62.3 Å². The molecule has 0 bridgehead atoms. The minimum absolute atomic E-state index is 0.101. The van der Waals surface area contributed by atoms with Crippen LogP contribution in [0.4, 0.5) is 11.5 Å². The van der Waals surface area contributed by atoms with Gasteiger partial charge in [-0.2, -0.15) is 5.26 Å². The first-order valence-electron chi connectivity index (χ1n) is 11.3. The quantitative estimate of drug-likeness (QED) is 0.466. The minimum Gasteiger partial charge on any atom is -0.368 e. The molecule has 2 aromatic rings. The van der Waals surface area contributed by atoms with Gasteiger partial charge in [-0.05, 0) is 37.1 Å². The molecular weight excluding hydrogens is 466 g/mol. The summed E-state index contributed by atoms with van der Waals surface area (Å²) in [4.78, 5) is 32.6. The van der Waals surface area contributed by atoms with Gasteiger partial charge in [-0.1, -0.05) is 49.1 Å². The van der Waals surface area contributed by atoms with E-state index in [9.17, 15) is 14.9 Å². The third-order valence-electron chi connectivity index (χ3n) is 6.26. The number of thiocarbonyl (C=S) groups is 1. The molecular formula is C25H27N5O2S2. The molecule has 1 amide bonds. The van der Waals surface area contributed by atoms with Crippen molar-refractivity contribution in [3.63, 3.8) is 0 Å². The number of benzene rings is 1. The lowest BCUT2D eigenvalue weighted by Crippen LogP contribution is -2.48. The number of hydrogen-bond acceptors (Lipinski definition) is 7. The van der Waals surface area contributed by atoms with Crippen LogP contribution in [0, 0.1) is 18.3 Å². The molecule has 1 aromatic carbocycles. The highest BCUT2D eigenvalue weighted by molar-refractivity contribution is 8.26. The molecule has 0 aliphatic carbocycles. The molecule has 0 saturated carbocycles. The maximum absolute atomic E-state index is 13.0. The Morgan fingerprint density at radius 2 is 1.76 bits per heavy atom. The summed E-state index contributed by atoms with van der Waals surface area (Å²) in [5.74, 6) is 0.610. The number of carbonyl (C=O) groups excluding carboxylic acids is 1. The molecule has 7 nitrogen and oxygen atoms in total. The van der Waals surface area contributed by atoms with Crippen LogP contribution >= 0.6 is 24.0 Å². The van der Waals surface area contributed by atoms with E-state index in [1.165, 1.54) is 17.4 Å². The van der Waals surface area contributed by atoms with E-state index in [2.05, 4.69) is 28.0 Å². The largest absolute Gasteiger partial charge is 0.368 e. The number of carbonyl (C=O) groups is 1. The average Bonchev–Trinajstić information content (AvgIpc) is 3.11. The van der Waals surface area contributed by atoms with Crippen LogP contribution in [0.25, 0.3) is 6.08 Å². The number of anilines is 2. The zero-order valence-corrected chi connectivity index (χ0v) is 21.2. The van der Waals surface area contributed by atoms with Gasteiger partial charge >= 0.3 is 0 Å². The zero-order chi connectivity index (χ0) is 24.4. The van der Waals surface area contributed by atoms with Crippen molar-refractivity contribution >= 4 is 51.8 Å². The second kappa shape index (κ2) is 10.0. The summed E-state index contributed by atoms with van der Waals surface area (Å²) in [6, 6.07) is 12.3. The van der Waals surface area contributed by atoms with E-state index in [0.717, 1.165) is 30.9 Å². The molecule has 3 heterocycles. The minimum atomic E-state index is -0.323. The van der Waals surface area contributed by atoms with Crippen LogP contribution in [0.15, 0.2) is 40.0 Å². The van der Waals surface area contributed by atoms with Crippen LogP contribution in [0.3, 0.4) is 0 Å². The number of amides is 1. The van der Waals surface area contributed by atoms with Gasteiger partial charge in [0.15, 0.2) is 0 Å². The second-order valence-electron chi connectivity index (χ2n) is 8.36. The summed E-state index contributed by atoms with van der Waals surface area (Å²) < 4.78 is 2.08. The van der Waals surface area contributed by atoms with Crippen LogP contribution < -0.4 is 15.4 Å². The highest BCUT2D eigenvalue weighted by Crippen LogP contribution is 2.36. The summed E-state index contributed by atoms with van der Waals surface area (Å²) in [6.45, 7) is 7.39. The maximum atomic E-state index is 13.0. The monoisotopic (exact) mass is 493 g/mol. The van der Waals surface area contributed by atoms with Crippen molar-refractivity contribution in [2.45, 2.75) is 20.3 Å². The highest BCUT2D eigenvalue weighted by Gasteiger charge is 2.33. The van der Waals surface area contributed by atoms with Crippen molar-refractivity contribution in [2.75, 3.05) is 42.5 Å². The molecule has 2 saturated heterocycles. The number of aromatic nitrogens is 1. The predicted octanol–water partition coefficient (Wildman–Crippen LogP) is 3.50. The topological polar surface area (TPSA) is 72.6 Å². The summed E-state index contributed by atoms with van der Waals surface area (Å²) in [5.41, 5.74) is 2.27. The van der Waals surface area contributed by atoms with Crippen molar-refractivity contribution in [2.24, 2.45) is 7.05 Å². The van der Waals surface area contributed by atoms with Crippen molar-refractivity contribution in [1.29, 1.82) is 5.26 Å². The molecule has 2 fully saturated rings. The molecule has 2 aliphatic heterocycles. The van der Waals surface area contributed by atoms with E-state index < -0.39 is 0 Å². The Hall–Kier alpha value is -3.09. The smallest absolute Gasteiger partial charge is 0.270 e. The molecule has 0 unspecified atom stereocenters. The van der Waals surface area contributed by atoms with Gasteiger partial charge in [-0.3, -0.25) is 19.1 Å². The maximum Gasteiger partial charge on any atom is 0.270 e. The van der Waals surface area contributed by atoms with Gasteiger partial charge in [0, 0.05) is 51.0 Å². The van der Waals surface area contributed by atoms with Crippen LogP contribution in [-0.4, -0.2) is 52.4 Å². The third-order valence-corrected chi connectivity index (χ3v) is 7.64. The van der Waals surface area contributed by atoms with Crippen molar-refractivity contribution in [3.8, 4) is 6.07 Å². The van der Waals surface area contributed by atoms with Crippen LogP contribution in [0.2, 0.25) is 0 Å². The van der Waals surface area contributed by atoms with E-state index >= 15 is 0 Å². The fourth-order valence-corrected chi connectivity index (χ4v) is 5.75. The number of thioether (sulfide) groups is 1. The van der Waals surface area contributed by atoms with Gasteiger partial charge in [0.2, 0.25) is 0 Å². The summed E-state index contributed by atoms with van der Waals surface area (Å²) in [5, 5.41) is 9.67. The van der Waals surface area contributed by atoms with E-state index in [1.54, 1.807) is 23.4 Å². The Morgan fingerprint density at radius 3 is 2.38 bits per heavy atom. The van der Waals surface area contributed by atoms with Crippen molar-refractivity contribution in [1.82, 2.24) is 9.47 Å². The number of para-hydroxylation sites is 1. The van der Waals surface area contributed by atoms with Crippen LogP contribution in [0.5, 0.6) is 0 Å². The van der Waals surface area contributed by atoms with Crippen LogP contribution in [-0.2, 0) is 11.8 Å². The second-order valence-corrected chi connectivity index (χ2v) is 10.0. The van der Waals surface area contributed by atoms with Gasteiger partial charge in [-0.25, -0.2) is 0 Å². The van der Waals surface area contributed by atoms with E-state index in [-0.39, 0.29) is 17.0 Å². The summed E-state index contributed by atoms with van der Waals surface area (Å²) in [6.07, 6.45) is 2.62. The fourth-order valence-electron chi connectivity index (χ4n) is 4.46. The third kappa shape index (κ3) is 4.36. The Balaban J connectivity index is 1.74. The standard InChI is InChI=1S/C25H27N5O2S2/c1-4-10-30-24(32)21(34-25(30)33)15-19-17(2)20(16-26)23(31)27(3)22(19)29-13-11-28(12-14-29)18-8-6-5-7-9-18/h5-9,15H,4,10-14H2,1-3H3. The molecule has 0 atom stereocenters.